The van der Waals surface area contributed by atoms with Gasteiger partial charge in [-0.3, -0.25) is 0 Å². The van der Waals surface area contributed by atoms with Crippen molar-refractivity contribution in [2.45, 2.75) is 6.18 Å². The maximum absolute atomic E-state index is 12.8. The van der Waals surface area contributed by atoms with E-state index >= 15 is 0 Å². The van der Waals surface area contributed by atoms with Gasteiger partial charge in [-0.05, 0) is 18.2 Å². The Hall–Kier alpha value is -1.34. The van der Waals surface area contributed by atoms with Crippen LogP contribution in [0.5, 0.6) is 5.75 Å². The third kappa shape index (κ3) is 4.50. The molecule has 0 aromatic heterocycles. The van der Waals surface area contributed by atoms with Gasteiger partial charge in [0.05, 0.1) is 19.8 Å². The third-order valence-corrected chi connectivity index (χ3v) is 1.97. The first-order valence-electron chi connectivity index (χ1n) is 5.13. The van der Waals surface area contributed by atoms with E-state index in [2.05, 4.69) is 0 Å². The van der Waals surface area contributed by atoms with E-state index in [1.165, 1.54) is 0 Å². The Morgan fingerprint density at radius 1 is 1.11 bits per heavy atom. The Balaban J connectivity index is 2.65. The van der Waals surface area contributed by atoms with Crippen LogP contribution in [-0.4, -0.2) is 31.5 Å². The average molecular weight is 268 g/mol. The molecular weight excluding hydrogens is 256 g/mol. The van der Waals surface area contributed by atoms with E-state index < -0.39 is 23.3 Å². The highest BCUT2D eigenvalue weighted by atomic mass is 19.4. The van der Waals surface area contributed by atoms with E-state index in [9.17, 15) is 17.6 Å². The van der Waals surface area contributed by atoms with Crippen LogP contribution in [0, 0.1) is 5.82 Å². The van der Waals surface area contributed by atoms with Crippen LogP contribution in [0.2, 0.25) is 0 Å². The molecule has 7 heteroatoms. The smallest absolute Gasteiger partial charge is 0.420 e. The molecule has 18 heavy (non-hydrogen) atoms. The largest absolute Gasteiger partial charge is 0.491 e. The molecule has 3 nitrogen and oxygen atoms in total. The van der Waals surface area contributed by atoms with Crippen LogP contribution < -0.4 is 4.74 Å². The predicted octanol–water partition coefficient (Wildman–Crippen LogP) is 2.23. The lowest BCUT2D eigenvalue weighted by molar-refractivity contribution is -0.139. The number of alkyl halides is 3. The van der Waals surface area contributed by atoms with Crippen LogP contribution in [0.3, 0.4) is 0 Å². The van der Waals surface area contributed by atoms with Crippen LogP contribution in [0.25, 0.3) is 0 Å². The van der Waals surface area contributed by atoms with Gasteiger partial charge in [-0.15, -0.1) is 0 Å². The molecule has 0 bridgehead atoms. The normalized spacial score (nSPS) is 11.6. The quantitative estimate of drug-likeness (QED) is 0.635. The van der Waals surface area contributed by atoms with E-state index in [0.717, 1.165) is 12.1 Å². The standard InChI is InChI=1S/C11H12F4O3/c12-8-1-2-10(9(7-8)11(13,14)15)18-6-5-17-4-3-16/h1-2,7,16H,3-6H2. The zero-order chi connectivity index (χ0) is 13.6. The second-order valence-corrected chi connectivity index (χ2v) is 3.32. The molecule has 0 fully saturated rings. The first kappa shape index (κ1) is 14.7. The maximum atomic E-state index is 12.8. The van der Waals surface area contributed by atoms with Crippen molar-refractivity contribution in [1.82, 2.24) is 0 Å². The minimum atomic E-state index is -4.68. The minimum Gasteiger partial charge on any atom is -0.491 e. The molecule has 0 radical (unpaired) electrons. The van der Waals surface area contributed by atoms with Crippen molar-refractivity contribution < 1.29 is 32.1 Å². The highest BCUT2D eigenvalue weighted by Crippen LogP contribution is 2.36. The summed E-state index contributed by atoms with van der Waals surface area (Å²) >= 11 is 0. The van der Waals surface area contributed by atoms with E-state index in [-0.39, 0.29) is 26.4 Å². The molecule has 0 heterocycles. The molecule has 0 aliphatic heterocycles. The minimum absolute atomic E-state index is 0.0369. The summed E-state index contributed by atoms with van der Waals surface area (Å²) < 4.78 is 60.1. The van der Waals surface area contributed by atoms with Gasteiger partial charge >= 0.3 is 6.18 Å². The number of rotatable bonds is 6. The number of halogens is 4. The fraction of sp³-hybridized carbons (Fsp3) is 0.455. The molecule has 0 atom stereocenters. The molecule has 1 rings (SSSR count). The molecule has 1 N–H and O–H groups in total. The number of aliphatic hydroxyl groups is 1. The van der Waals surface area contributed by atoms with Gasteiger partial charge in [0.15, 0.2) is 0 Å². The molecule has 1 aromatic rings. The molecular formula is C11H12F4O3. The number of benzene rings is 1. The first-order chi connectivity index (χ1) is 8.45. The second-order valence-electron chi connectivity index (χ2n) is 3.32. The molecule has 0 aliphatic carbocycles. The van der Waals surface area contributed by atoms with Gasteiger partial charge in [-0.2, -0.15) is 13.2 Å². The highest BCUT2D eigenvalue weighted by Gasteiger charge is 2.34. The summed E-state index contributed by atoms with van der Waals surface area (Å²) in [4.78, 5) is 0. The van der Waals surface area contributed by atoms with E-state index in [0.29, 0.717) is 6.07 Å². The van der Waals surface area contributed by atoms with E-state index in [4.69, 9.17) is 14.6 Å². The zero-order valence-electron chi connectivity index (χ0n) is 9.34. The van der Waals surface area contributed by atoms with Gasteiger partial charge in [-0.25, -0.2) is 4.39 Å². The first-order valence-corrected chi connectivity index (χ1v) is 5.13. The fourth-order valence-corrected chi connectivity index (χ4v) is 1.23. The SMILES string of the molecule is OCCOCCOc1ccc(F)cc1C(F)(F)F. The Kier molecular flexibility index (Phi) is 5.36. The van der Waals surface area contributed by atoms with Crippen LogP contribution in [-0.2, 0) is 10.9 Å². The number of ether oxygens (including phenoxy) is 2. The van der Waals surface area contributed by atoms with Crippen molar-refractivity contribution >= 4 is 0 Å². The van der Waals surface area contributed by atoms with Crippen molar-refractivity contribution in [3.63, 3.8) is 0 Å². The van der Waals surface area contributed by atoms with Crippen LogP contribution in [0.1, 0.15) is 5.56 Å². The molecule has 102 valence electrons. The van der Waals surface area contributed by atoms with Crippen LogP contribution >= 0.6 is 0 Å². The van der Waals surface area contributed by atoms with Crippen LogP contribution in [0.15, 0.2) is 18.2 Å². The van der Waals surface area contributed by atoms with E-state index in [1.807, 2.05) is 0 Å². The van der Waals surface area contributed by atoms with Gasteiger partial charge in [-0.1, -0.05) is 0 Å². The summed E-state index contributed by atoms with van der Waals surface area (Å²) in [5, 5.41) is 8.41. The highest BCUT2D eigenvalue weighted by molar-refractivity contribution is 5.36. The van der Waals surface area contributed by atoms with Crippen molar-refractivity contribution in [2.75, 3.05) is 26.4 Å². The number of aliphatic hydroxyl groups excluding tert-OH is 1. The average Bonchev–Trinajstić information content (AvgIpc) is 2.29. The van der Waals surface area contributed by atoms with Gasteiger partial charge in [0.25, 0.3) is 0 Å². The summed E-state index contributed by atoms with van der Waals surface area (Å²) in [5.74, 6) is -1.43. The lowest BCUT2D eigenvalue weighted by Gasteiger charge is -2.13. The zero-order valence-corrected chi connectivity index (χ0v) is 9.34. The molecule has 0 saturated heterocycles. The summed E-state index contributed by atoms with van der Waals surface area (Å²) in [6.07, 6.45) is -4.68. The molecule has 1 aromatic carbocycles. The summed E-state index contributed by atoms with van der Waals surface area (Å²) in [6, 6.07) is 2.19. The molecule has 0 aliphatic rings. The lowest BCUT2D eigenvalue weighted by atomic mass is 10.2. The molecule has 0 saturated carbocycles. The van der Waals surface area contributed by atoms with Gasteiger partial charge < -0.3 is 14.6 Å². The van der Waals surface area contributed by atoms with Gasteiger partial charge in [0.1, 0.15) is 23.7 Å². The van der Waals surface area contributed by atoms with Crippen molar-refractivity contribution in [3.05, 3.63) is 29.6 Å². The molecule has 0 spiro atoms. The summed E-state index contributed by atoms with van der Waals surface area (Å²) in [7, 11) is 0. The summed E-state index contributed by atoms with van der Waals surface area (Å²) in [6.45, 7) is -0.173. The Morgan fingerprint density at radius 3 is 2.44 bits per heavy atom. The van der Waals surface area contributed by atoms with Crippen molar-refractivity contribution in [3.8, 4) is 5.75 Å². The van der Waals surface area contributed by atoms with Gasteiger partial charge in [0, 0.05) is 0 Å². The Bertz CT molecular complexity index is 379. The Morgan fingerprint density at radius 2 is 1.83 bits per heavy atom. The van der Waals surface area contributed by atoms with E-state index in [1.54, 1.807) is 0 Å². The molecule has 0 amide bonds. The van der Waals surface area contributed by atoms with Gasteiger partial charge in [0.2, 0.25) is 0 Å². The van der Waals surface area contributed by atoms with Crippen LogP contribution in [0.4, 0.5) is 17.6 Å². The van der Waals surface area contributed by atoms with Crippen molar-refractivity contribution in [1.29, 1.82) is 0 Å². The fourth-order valence-electron chi connectivity index (χ4n) is 1.23. The number of hydrogen-bond acceptors (Lipinski definition) is 3. The molecule has 0 unspecified atom stereocenters. The predicted molar refractivity (Wildman–Crippen MR) is 54.8 cm³/mol. The monoisotopic (exact) mass is 268 g/mol. The van der Waals surface area contributed by atoms with Crippen molar-refractivity contribution in [2.24, 2.45) is 0 Å². The second kappa shape index (κ2) is 6.55. The lowest BCUT2D eigenvalue weighted by Crippen LogP contribution is -2.13. The Labute approximate surface area is 101 Å². The topological polar surface area (TPSA) is 38.7 Å². The summed E-state index contributed by atoms with van der Waals surface area (Å²) in [5.41, 5.74) is -1.16. The number of hydrogen-bond donors (Lipinski definition) is 1. The maximum Gasteiger partial charge on any atom is 0.420 e. The third-order valence-electron chi connectivity index (χ3n) is 1.97.